The highest BCUT2D eigenvalue weighted by Crippen LogP contribution is 2.26. The van der Waals surface area contributed by atoms with Gasteiger partial charge < -0.3 is 15.6 Å². The molecule has 1 fully saturated rings. The van der Waals surface area contributed by atoms with E-state index in [1.807, 2.05) is 24.4 Å². The van der Waals surface area contributed by atoms with Crippen molar-refractivity contribution < 1.29 is 4.79 Å². The van der Waals surface area contributed by atoms with Crippen molar-refractivity contribution in [2.45, 2.75) is 45.1 Å². The third-order valence-electron chi connectivity index (χ3n) is 4.55. The predicted octanol–water partition coefficient (Wildman–Crippen LogP) is 3.54. The zero-order chi connectivity index (χ0) is 14.8. The van der Waals surface area contributed by atoms with Crippen LogP contribution in [0.3, 0.4) is 0 Å². The van der Waals surface area contributed by atoms with Crippen LogP contribution in [0.25, 0.3) is 10.9 Å². The van der Waals surface area contributed by atoms with E-state index in [0.29, 0.717) is 11.7 Å². The molecule has 4 nitrogen and oxygen atoms in total. The van der Waals surface area contributed by atoms with E-state index in [-0.39, 0.29) is 5.91 Å². The Morgan fingerprint density at radius 1 is 1.38 bits per heavy atom. The average molecular weight is 285 g/mol. The zero-order valence-corrected chi connectivity index (χ0v) is 12.6. The van der Waals surface area contributed by atoms with Crippen LogP contribution >= 0.6 is 0 Å². The summed E-state index contributed by atoms with van der Waals surface area (Å²) < 4.78 is 0. The topological polar surface area (TPSA) is 62.1 Å². The van der Waals surface area contributed by atoms with E-state index >= 15 is 0 Å². The minimum Gasteiger partial charge on any atom is -0.399 e. The monoisotopic (exact) mass is 285 g/mol. The molecule has 0 aliphatic carbocycles. The van der Waals surface area contributed by atoms with Gasteiger partial charge in [0.15, 0.2) is 0 Å². The molecular weight excluding hydrogens is 262 g/mol. The van der Waals surface area contributed by atoms with Gasteiger partial charge in [-0.25, -0.2) is 0 Å². The Morgan fingerprint density at radius 2 is 2.24 bits per heavy atom. The second-order valence-corrected chi connectivity index (χ2v) is 5.92. The standard InChI is InChI=1S/C17H23N3O/c1-2-13-6-4-3-5-9-20(13)17(21)15-11-19-16-10-12(18)7-8-14(15)16/h7-8,10-11,13,19H,2-6,9,18H2,1H3. The van der Waals surface area contributed by atoms with E-state index in [9.17, 15) is 4.79 Å². The van der Waals surface area contributed by atoms with Crippen LogP contribution in [0.4, 0.5) is 5.69 Å². The second-order valence-electron chi connectivity index (χ2n) is 5.92. The SMILES string of the molecule is CCC1CCCCCN1C(=O)c1c[nH]c2cc(N)ccc12. The molecule has 1 unspecified atom stereocenters. The fourth-order valence-corrected chi connectivity index (χ4v) is 3.34. The molecule has 0 bridgehead atoms. The van der Waals surface area contributed by atoms with Crippen LogP contribution in [-0.2, 0) is 0 Å². The molecule has 1 amide bonds. The van der Waals surface area contributed by atoms with Gasteiger partial charge in [0, 0.05) is 35.4 Å². The molecule has 1 aromatic heterocycles. The molecule has 1 aromatic carbocycles. The average Bonchev–Trinajstić information content (AvgIpc) is 2.75. The molecule has 1 saturated heterocycles. The summed E-state index contributed by atoms with van der Waals surface area (Å²) in [5.74, 6) is 0.153. The second kappa shape index (κ2) is 5.80. The maximum absolute atomic E-state index is 13.0. The summed E-state index contributed by atoms with van der Waals surface area (Å²) in [5.41, 5.74) is 8.21. The van der Waals surface area contributed by atoms with Crippen molar-refractivity contribution in [2.75, 3.05) is 12.3 Å². The number of carbonyl (C=O) groups is 1. The first kappa shape index (κ1) is 14.0. The number of nitrogens with zero attached hydrogens (tertiary/aromatic N) is 1. The van der Waals surface area contributed by atoms with E-state index in [4.69, 9.17) is 5.73 Å². The van der Waals surface area contributed by atoms with Gasteiger partial charge in [0.1, 0.15) is 0 Å². The maximum Gasteiger partial charge on any atom is 0.256 e. The van der Waals surface area contributed by atoms with Crippen LogP contribution < -0.4 is 5.73 Å². The number of hydrogen-bond acceptors (Lipinski definition) is 2. The Labute approximate surface area is 125 Å². The highest BCUT2D eigenvalue weighted by Gasteiger charge is 2.26. The van der Waals surface area contributed by atoms with Crippen molar-refractivity contribution in [3.05, 3.63) is 30.0 Å². The number of aromatic nitrogens is 1. The summed E-state index contributed by atoms with van der Waals surface area (Å²) in [7, 11) is 0. The number of nitrogens with one attached hydrogen (secondary N) is 1. The minimum atomic E-state index is 0.153. The fraction of sp³-hybridized carbons (Fsp3) is 0.471. The van der Waals surface area contributed by atoms with Gasteiger partial charge >= 0.3 is 0 Å². The molecule has 21 heavy (non-hydrogen) atoms. The van der Waals surface area contributed by atoms with Gasteiger partial charge in [0.2, 0.25) is 0 Å². The van der Waals surface area contributed by atoms with Crippen LogP contribution in [-0.4, -0.2) is 28.4 Å². The van der Waals surface area contributed by atoms with Gasteiger partial charge in [-0.15, -0.1) is 0 Å². The van der Waals surface area contributed by atoms with Crippen LogP contribution in [0.15, 0.2) is 24.4 Å². The van der Waals surface area contributed by atoms with E-state index in [2.05, 4.69) is 16.8 Å². The molecule has 1 atom stereocenters. The van der Waals surface area contributed by atoms with Crippen molar-refractivity contribution >= 4 is 22.5 Å². The van der Waals surface area contributed by atoms with Gasteiger partial charge in [-0.05, 0) is 37.5 Å². The first-order valence-electron chi connectivity index (χ1n) is 7.88. The first-order chi connectivity index (χ1) is 10.2. The van der Waals surface area contributed by atoms with Crippen molar-refractivity contribution in [3.63, 3.8) is 0 Å². The largest absolute Gasteiger partial charge is 0.399 e. The molecule has 4 heteroatoms. The number of aromatic amines is 1. The number of nitrogens with two attached hydrogens (primary N) is 1. The molecule has 0 spiro atoms. The predicted molar refractivity (Wildman–Crippen MR) is 86.3 cm³/mol. The lowest BCUT2D eigenvalue weighted by Gasteiger charge is -2.29. The smallest absolute Gasteiger partial charge is 0.256 e. The number of fused-ring (bicyclic) bond motifs is 1. The Morgan fingerprint density at radius 3 is 3.05 bits per heavy atom. The number of H-pyrrole nitrogens is 1. The summed E-state index contributed by atoms with van der Waals surface area (Å²) in [6.45, 7) is 3.05. The van der Waals surface area contributed by atoms with E-state index < -0.39 is 0 Å². The number of amides is 1. The normalized spacial score (nSPS) is 19.7. The molecule has 3 rings (SSSR count). The quantitative estimate of drug-likeness (QED) is 0.829. The lowest BCUT2D eigenvalue weighted by Crippen LogP contribution is -2.39. The molecule has 1 aliphatic heterocycles. The number of benzene rings is 1. The number of nitrogen functional groups attached to an aromatic ring is 1. The molecular formula is C17H23N3O. The van der Waals surface area contributed by atoms with E-state index in [1.54, 1.807) is 0 Å². The third-order valence-corrected chi connectivity index (χ3v) is 4.55. The lowest BCUT2D eigenvalue weighted by molar-refractivity contribution is 0.0680. The number of hydrogen-bond donors (Lipinski definition) is 2. The summed E-state index contributed by atoms with van der Waals surface area (Å²) in [6, 6.07) is 6.05. The number of anilines is 1. The van der Waals surface area contributed by atoms with Gasteiger partial charge in [-0.2, -0.15) is 0 Å². The van der Waals surface area contributed by atoms with Crippen LogP contribution in [0, 0.1) is 0 Å². The lowest BCUT2D eigenvalue weighted by atomic mass is 10.1. The fourth-order valence-electron chi connectivity index (χ4n) is 3.34. The minimum absolute atomic E-state index is 0.153. The molecule has 112 valence electrons. The number of carbonyl (C=O) groups excluding carboxylic acids is 1. The molecule has 2 aromatic rings. The number of rotatable bonds is 2. The van der Waals surface area contributed by atoms with Crippen LogP contribution in [0.5, 0.6) is 0 Å². The zero-order valence-electron chi connectivity index (χ0n) is 12.6. The summed E-state index contributed by atoms with van der Waals surface area (Å²) in [4.78, 5) is 18.2. The Hall–Kier alpha value is -1.97. The van der Waals surface area contributed by atoms with Crippen molar-refractivity contribution in [1.29, 1.82) is 0 Å². The Bertz CT molecular complexity index is 647. The molecule has 1 aliphatic rings. The van der Waals surface area contributed by atoms with Crippen molar-refractivity contribution in [3.8, 4) is 0 Å². The Balaban J connectivity index is 1.95. The van der Waals surface area contributed by atoms with Crippen molar-refractivity contribution in [1.82, 2.24) is 9.88 Å². The Kier molecular flexibility index (Phi) is 3.86. The maximum atomic E-state index is 13.0. The molecule has 2 heterocycles. The third kappa shape index (κ3) is 2.62. The summed E-state index contributed by atoms with van der Waals surface area (Å²) in [5, 5.41) is 0.966. The molecule has 0 saturated carbocycles. The van der Waals surface area contributed by atoms with Gasteiger partial charge in [0.05, 0.1) is 5.56 Å². The molecule has 3 N–H and O–H groups in total. The van der Waals surface area contributed by atoms with Gasteiger partial charge in [0.25, 0.3) is 5.91 Å². The highest BCUT2D eigenvalue weighted by molar-refractivity contribution is 6.07. The highest BCUT2D eigenvalue weighted by atomic mass is 16.2. The van der Waals surface area contributed by atoms with E-state index in [1.165, 1.54) is 12.8 Å². The summed E-state index contributed by atoms with van der Waals surface area (Å²) >= 11 is 0. The van der Waals surface area contributed by atoms with Gasteiger partial charge in [-0.1, -0.05) is 19.8 Å². The van der Waals surface area contributed by atoms with Crippen LogP contribution in [0.2, 0.25) is 0 Å². The van der Waals surface area contributed by atoms with Crippen molar-refractivity contribution in [2.24, 2.45) is 0 Å². The summed E-state index contributed by atoms with van der Waals surface area (Å²) in [6.07, 6.45) is 7.54. The van der Waals surface area contributed by atoms with E-state index in [0.717, 1.165) is 42.3 Å². The van der Waals surface area contributed by atoms with Gasteiger partial charge in [-0.3, -0.25) is 4.79 Å². The molecule has 0 radical (unpaired) electrons. The number of likely N-dealkylation sites (tertiary alicyclic amines) is 1. The first-order valence-corrected chi connectivity index (χ1v) is 7.88. The van der Waals surface area contributed by atoms with Crippen LogP contribution in [0.1, 0.15) is 49.4 Å².